The number of rotatable bonds is 4. The highest BCUT2D eigenvalue weighted by Gasteiger charge is 2.35. The number of hydrogen-bond acceptors (Lipinski definition) is 4. The third-order valence-electron chi connectivity index (χ3n) is 3.66. The molecule has 1 aromatic rings. The fourth-order valence-electron chi connectivity index (χ4n) is 2.33. The van der Waals surface area contributed by atoms with Gasteiger partial charge in [0, 0.05) is 24.5 Å². The fourth-order valence-corrected chi connectivity index (χ4v) is 6.35. The molecule has 0 aliphatic carbocycles. The first-order valence-corrected chi connectivity index (χ1v) is 9.39. The van der Waals surface area contributed by atoms with E-state index in [4.69, 9.17) is 5.73 Å². The van der Waals surface area contributed by atoms with Gasteiger partial charge in [0.1, 0.15) is 4.90 Å². The summed E-state index contributed by atoms with van der Waals surface area (Å²) in [6.45, 7) is 5.90. The second kappa shape index (κ2) is 5.81. The zero-order chi connectivity index (χ0) is 14.2. The van der Waals surface area contributed by atoms with E-state index < -0.39 is 10.0 Å². The number of hydrogen-bond donors (Lipinski definition) is 1. The molecule has 0 bridgehead atoms. The molecular formula is C12H19BrN2O2S2. The van der Waals surface area contributed by atoms with Gasteiger partial charge in [0.25, 0.3) is 0 Å². The van der Waals surface area contributed by atoms with Crippen LogP contribution in [0.4, 0.5) is 0 Å². The van der Waals surface area contributed by atoms with Crippen molar-refractivity contribution in [3.8, 4) is 0 Å². The highest BCUT2D eigenvalue weighted by molar-refractivity contribution is 9.11. The number of nitrogens with zero attached hydrogens (tertiary/aromatic N) is 1. The number of thiophene rings is 1. The Hall–Kier alpha value is 0.0500. The second-order valence-electron chi connectivity index (χ2n) is 5.21. The van der Waals surface area contributed by atoms with Crippen LogP contribution >= 0.6 is 27.3 Å². The zero-order valence-corrected chi connectivity index (χ0v) is 14.3. The van der Waals surface area contributed by atoms with Crippen LogP contribution in [0.3, 0.4) is 0 Å². The van der Waals surface area contributed by atoms with Crippen LogP contribution in [0.25, 0.3) is 0 Å². The first-order valence-electron chi connectivity index (χ1n) is 6.34. The van der Waals surface area contributed by atoms with Crippen molar-refractivity contribution in [1.29, 1.82) is 0 Å². The van der Waals surface area contributed by atoms with Gasteiger partial charge >= 0.3 is 0 Å². The molecule has 1 fully saturated rings. The van der Waals surface area contributed by atoms with Gasteiger partial charge in [-0.3, -0.25) is 0 Å². The molecule has 19 heavy (non-hydrogen) atoms. The number of sulfonamides is 1. The van der Waals surface area contributed by atoms with E-state index >= 15 is 0 Å². The molecule has 0 radical (unpaired) electrons. The van der Waals surface area contributed by atoms with Crippen LogP contribution in [-0.2, 0) is 16.6 Å². The third kappa shape index (κ3) is 3.05. The van der Waals surface area contributed by atoms with E-state index in [-0.39, 0.29) is 0 Å². The summed E-state index contributed by atoms with van der Waals surface area (Å²) in [5.41, 5.74) is 5.57. The molecule has 1 aromatic heterocycles. The molecule has 7 heteroatoms. The van der Waals surface area contributed by atoms with E-state index in [9.17, 15) is 8.42 Å². The summed E-state index contributed by atoms with van der Waals surface area (Å²) in [7, 11) is -3.38. The second-order valence-corrected chi connectivity index (χ2v) is 9.57. The molecule has 0 spiro atoms. The van der Waals surface area contributed by atoms with Crippen molar-refractivity contribution in [1.82, 2.24) is 4.31 Å². The first-order chi connectivity index (χ1) is 8.86. The van der Waals surface area contributed by atoms with E-state index in [1.807, 2.05) is 0 Å². The lowest BCUT2D eigenvalue weighted by Crippen LogP contribution is -2.29. The van der Waals surface area contributed by atoms with E-state index in [1.165, 1.54) is 11.3 Å². The lowest BCUT2D eigenvalue weighted by molar-refractivity contribution is 0.388. The maximum Gasteiger partial charge on any atom is 0.245 e. The largest absolute Gasteiger partial charge is 0.326 e. The summed E-state index contributed by atoms with van der Waals surface area (Å²) in [5, 5.41) is 0. The maximum absolute atomic E-state index is 12.6. The van der Waals surface area contributed by atoms with Crippen molar-refractivity contribution in [2.45, 2.75) is 31.7 Å². The molecule has 0 amide bonds. The molecule has 1 atom stereocenters. The Morgan fingerprint density at radius 2 is 2.26 bits per heavy atom. The minimum atomic E-state index is -3.38. The lowest BCUT2D eigenvalue weighted by Gasteiger charge is -2.17. The Balaban J connectivity index is 2.26. The van der Waals surface area contributed by atoms with Gasteiger partial charge in [0.05, 0.1) is 3.79 Å². The molecule has 2 heterocycles. The molecule has 1 saturated heterocycles. The highest BCUT2D eigenvalue weighted by Crippen LogP contribution is 2.36. The Morgan fingerprint density at radius 1 is 1.58 bits per heavy atom. The predicted molar refractivity (Wildman–Crippen MR) is 81.6 cm³/mol. The smallest absolute Gasteiger partial charge is 0.245 e. The maximum atomic E-state index is 12.6. The van der Waals surface area contributed by atoms with Crippen LogP contribution in [0.1, 0.15) is 25.1 Å². The zero-order valence-electron chi connectivity index (χ0n) is 11.1. The lowest BCUT2D eigenvalue weighted by atomic mass is 9.96. The quantitative estimate of drug-likeness (QED) is 0.890. The average Bonchev–Trinajstić information content (AvgIpc) is 2.95. The summed E-state index contributed by atoms with van der Waals surface area (Å²) in [5.74, 6) is 0.979. The summed E-state index contributed by atoms with van der Waals surface area (Å²) in [4.78, 5) is 1.24. The Bertz CT molecular complexity index is 554. The molecule has 1 aliphatic rings. The van der Waals surface area contributed by atoms with Gasteiger partial charge in [-0.1, -0.05) is 13.8 Å². The van der Waals surface area contributed by atoms with Crippen molar-refractivity contribution in [3.05, 3.63) is 14.7 Å². The van der Waals surface area contributed by atoms with Crippen LogP contribution in [-0.4, -0.2) is 25.8 Å². The normalized spacial score (nSPS) is 21.4. The monoisotopic (exact) mass is 366 g/mol. The van der Waals surface area contributed by atoms with Gasteiger partial charge < -0.3 is 5.73 Å². The van der Waals surface area contributed by atoms with Crippen LogP contribution in [0.2, 0.25) is 0 Å². The van der Waals surface area contributed by atoms with E-state index in [0.29, 0.717) is 40.2 Å². The molecule has 0 saturated carbocycles. The molecule has 2 N–H and O–H groups in total. The van der Waals surface area contributed by atoms with Gasteiger partial charge in [-0.25, -0.2) is 8.42 Å². The Labute approximate surface area is 127 Å². The van der Waals surface area contributed by atoms with E-state index in [0.717, 1.165) is 11.3 Å². The van der Waals surface area contributed by atoms with Gasteiger partial charge in [0.2, 0.25) is 10.0 Å². The predicted octanol–water partition coefficient (Wildman–Crippen LogP) is 2.64. The SMILES string of the molecule is CC(C)C1CCN(S(=O)(=O)c2cc(CN)sc2Br)C1. The van der Waals surface area contributed by atoms with Gasteiger partial charge in [-0.15, -0.1) is 11.3 Å². The van der Waals surface area contributed by atoms with Crippen molar-refractivity contribution in [2.75, 3.05) is 13.1 Å². The summed E-state index contributed by atoms with van der Waals surface area (Å²) in [6, 6.07) is 1.69. The third-order valence-corrected chi connectivity index (χ3v) is 7.80. The highest BCUT2D eigenvalue weighted by atomic mass is 79.9. The molecule has 2 rings (SSSR count). The van der Waals surface area contributed by atoms with Crippen LogP contribution in [0, 0.1) is 11.8 Å². The summed E-state index contributed by atoms with van der Waals surface area (Å²) >= 11 is 4.73. The molecule has 1 aliphatic heterocycles. The Kier molecular flexibility index (Phi) is 4.72. The fraction of sp³-hybridized carbons (Fsp3) is 0.667. The van der Waals surface area contributed by atoms with Crippen LogP contribution in [0.5, 0.6) is 0 Å². The van der Waals surface area contributed by atoms with Gasteiger partial charge in [0.15, 0.2) is 0 Å². The van der Waals surface area contributed by atoms with Crippen LogP contribution in [0.15, 0.2) is 14.7 Å². The van der Waals surface area contributed by atoms with Gasteiger partial charge in [-0.2, -0.15) is 4.31 Å². The summed E-state index contributed by atoms with van der Waals surface area (Å²) in [6.07, 6.45) is 0.947. The van der Waals surface area contributed by atoms with Crippen molar-refractivity contribution in [3.63, 3.8) is 0 Å². The van der Waals surface area contributed by atoms with Gasteiger partial charge in [-0.05, 0) is 40.3 Å². The van der Waals surface area contributed by atoms with Crippen molar-refractivity contribution >= 4 is 37.3 Å². The Morgan fingerprint density at radius 3 is 2.74 bits per heavy atom. The number of halogens is 1. The topological polar surface area (TPSA) is 63.4 Å². The standard InChI is InChI=1S/C12H19BrN2O2S2/c1-8(2)9-3-4-15(7-9)19(16,17)11-5-10(6-14)18-12(11)13/h5,8-9H,3-4,6-7,14H2,1-2H3. The molecule has 1 unspecified atom stereocenters. The van der Waals surface area contributed by atoms with Crippen LogP contribution < -0.4 is 5.73 Å². The molecule has 0 aromatic carbocycles. The minimum Gasteiger partial charge on any atom is -0.326 e. The molecule has 4 nitrogen and oxygen atoms in total. The number of nitrogens with two attached hydrogens (primary N) is 1. The minimum absolute atomic E-state index is 0.363. The van der Waals surface area contributed by atoms with Crippen molar-refractivity contribution in [2.24, 2.45) is 17.6 Å². The average molecular weight is 367 g/mol. The first kappa shape index (κ1) is 15.4. The van der Waals surface area contributed by atoms with E-state index in [2.05, 4.69) is 29.8 Å². The van der Waals surface area contributed by atoms with E-state index in [1.54, 1.807) is 10.4 Å². The molecular weight excluding hydrogens is 348 g/mol. The molecule has 108 valence electrons. The van der Waals surface area contributed by atoms with Crippen molar-refractivity contribution < 1.29 is 8.42 Å². The summed E-state index contributed by atoms with van der Waals surface area (Å²) < 4.78 is 27.5.